The van der Waals surface area contributed by atoms with E-state index in [9.17, 15) is 8.42 Å². The van der Waals surface area contributed by atoms with Crippen LogP contribution in [-0.2, 0) is 10.2 Å². The molecule has 98 valence electrons. The van der Waals surface area contributed by atoms with Crippen LogP contribution >= 0.6 is 15.9 Å². The van der Waals surface area contributed by atoms with Crippen LogP contribution in [0.25, 0.3) is 0 Å². The van der Waals surface area contributed by atoms with E-state index in [0.717, 1.165) is 0 Å². The highest BCUT2D eigenvalue weighted by Gasteiger charge is 2.21. The van der Waals surface area contributed by atoms with E-state index in [1.165, 1.54) is 11.4 Å². The average Bonchev–Trinajstić information content (AvgIpc) is 2.30. The summed E-state index contributed by atoms with van der Waals surface area (Å²) >= 11 is 3.23. The Bertz CT molecular complexity index is 578. The summed E-state index contributed by atoms with van der Waals surface area (Å²) in [5.41, 5.74) is 0.864. The first-order chi connectivity index (χ1) is 8.27. The lowest BCUT2D eigenvalue weighted by molar-refractivity contribution is 0.414. The standard InChI is InChI=1S/C11H14BrN3O2S/c1-8(2)15(3)18(16,17)14-11-5-4-9(7-13)6-10(11)12/h4-6,8,14H,1-3H3. The fraction of sp³-hybridized carbons (Fsp3) is 0.364. The van der Waals surface area contributed by atoms with Crippen molar-refractivity contribution in [2.24, 2.45) is 0 Å². The van der Waals surface area contributed by atoms with E-state index in [-0.39, 0.29) is 6.04 Å². The Labute approximate surface area is 116 Å². The number of nitrogens with one attached hydrogen (secondary N) is 1. The largest absolute Gasteiger partial charge is 0.301 e. The molecule has 0 atom stereocenters. The van der Waals surface area contributed by atoms with Crippen LogP contribution in [0.2, 0.25) is 0 Å². The number of hydrogen-bond acceptors (Lipinski definition) is 3. The molecule has 1 N–H and O–H groups in total. The van der Waals surface area contributed by atoms with Crippen LogP contribution < -0.4 is 4.72 Å². The van der Waals surface area contributed by atoms with Gasteiger partial charge in [0.05, 0.1) is 17.3 Å². The maximum atomic E-state index is 12.0. The minimum Gasteiger partial charge on any atom is -0.270 e. The van der Waals surface area contributed by atoms with Gasteiger partial charge in [-0.1, -0.05) is 0 Å². The number of benzene rings is 1. The van der Waals surface area contributed by atoms with Gasteiger partial charge < -0.3 is 0 Å². The van der Waals surface area contributed by atoms with Crippen molar-refractivity contribution in [1.29, 1.82) is 5.26 Å². The lowest BCUT2D eigenvalue weighted by Crippen LogP contribution is -2.37. The van der Waals surface area contributed by atoms with Crippen LogP contribution in [0.4, 0.5) is 5.69 Å². The van der Waals surface area contributed by atoms with Crippen molar-refractivity contribution in [3.8, 4) is 6.07 Å². The Morgan fingerprint density at radius 1 is 1.44 bits per heavy atom. The molecule has 0 aliphatic heterocycles. The van der Waals surface area contributed by atoms with E-state index in [4.69, 9.17) is 5.26 Å². The molecule has 0 bridgehead atoms. The highest BCUT2D eigenvalue weighted by molar-refractivity contribution is 9.10. The van der Waals surface area contributed by atoms with Crippen LogP contribution in [0.15, 0.2) is 22.7 Å². The third-order valence-electron chi connectivity index (χ3n) is 2.44. The molecule has 0 radical (unpaired) electrons. The molecule has 1 rings (SSSR count). The molecule has 0 saturated carbocycles. The van der Waals surface area contributed by atoms with Crippen molar-refractivity contribution in [1.82, 2.24) is 4.31 Å². The molecule has 0 aliphatic rings. The molecule has 0 unspecified atom stereocenters. The van der Waals surface area contributed by atoms with Gasteiger partial charge in [-0.3, -0.25) is 4.72 Å². The van der Waals surface area contributed by atoms with Crippen molar-refractivity contribution in [3.05, 3.63) is 28.2 Å². The van der Waals surface area contributed by atoms with Crippen molar-refractivity contribution < 1.29 is 8.42 Å². The van der Waals surface area contributed by atoms with Gasteiger partial charge in [0, 0.05) is 17.6 Å². The fourth-order valence-electron chi connectivity index (χ4n) is 1.16. The van der Waals surface area contributed by atoms with E-state index in [1.54, 1.807) is 32.0 Å². The second kappa shape index (κ2) is 5.69. The van der Waals surface area contributed by atoms with Gasteiger partial charge >= 0.3 is 10.2 Å². The average molecular weight is 332 g/mol. The van der Waals surface area contributed by atoms with Crippen LogP contribution in [-0.4, -0.2) is 25.8 Å². The second-order valence-corrected chi connectivity index (χ2v) is 6.61. The minimum absolute atomic E-state index is 0.139. The first-order valence-electron chi connectivity index (χ1n) is 5.23. The van der Waals surface area contributed by atoms with E-state index < -0.39 is 10.2 Å². The summed E-state index contributed by atoms with van der Waals surface area (Å²) < 4.78 is 28.2. The zero-order chi connectivity index (χ0) is 13.9. The topological polar surface area (TPSA) is 73.2 Å². The summed E-state index contributed by atoms with van der Waals surface area (Å²) in [7, 11) is -2.08. The van der Waals surface area contributed by atoms with Gasteiger partial charge in [0.15, 0.2) is 0 Å². The van der Waals surface area contributed by atoms with E-state index in [1.807, 2.05) is 6.07 Å². The van der Waals surface area contributed by atoms with Crippen LogP contribution in [0.3, 0.4) is 0 Å². The van der Waals surface area contributed by atoms with Crippen molar-refractivity contribution in [3.63, 3.8) is 0 Å². The van der Waals surface area contributed by atoms with E-state index in [0.29, 0.717) is 15.7 Å². The summed E-state index contributed by atoms with van der Waals surface area (Å²) in [6, 6.07) is 6.51. The van der Waals surface area contributed by atoms with Crippen LogP contribution in [0.1, 0.15) is 19.4 Å². The normalized spacial score (nSPS) is 11.6. The fourth-order valence-corrected chi connectivity index (χ4v) is 2.92. The molecule has 1 aromatic rings. The van der Waals surface area contributed by atoms with Gasteiger partial charge in [0.25, 0.3) is 0 Å². The second-order valence-electron chi connectivity index (χ2n) is 4.02. The Morgan fingerprint density at radius 2 is 2.06 bits per heavy atom. The predicted octanol–water partition coefficient (Wildman–Crippen LogP) is 2.32. The van der Waals surface area contributed by atoms with Gasteiger partial charge in [-0.25, -0.2) is 0 Å². The smallest absolute Gasteiger partial charge is 0.270 e. The molecule has 0 amide bonds. The Morgan fingerprint density at radius 3 is 2.50 bits per heavy atom. The number of halogens is 1. The summed E-state index contributed by atoms with van der Waals surface area (Å²) in [5.74, 6) is 0. The number of nitriles is 1. The van der Waals surface area contributed by atoms with Crippen molar-refractivity contribution >= 4 is 31.8 Å². The molecule has 18 heavy (non-hydrogen) atoms. The zero-order valence-electron chi connectivity index (χ0n) is 10.3. The molecule has 0 aromatic heterocycles. The Hall–Kier alpha value is -1.10. The minimum atomic E-state index is -3.58. The maximum Gasteiger partial charge on any atom is 0.301 e. The number of nitrogens with zero attached hydrogens (tertiary/aromatic N) is 2. The molecule has 0 aliphatic carbocycles. The molecule has 0 fully saturated rings. The molecule has 7 heteroatoms. The van der Waals surface area contributed by atoms with Gasteiger partial charge in [0.2, 0.25) is 0 Å². The van der Waals surface area contributed by atoms with Gasteiger partial charge in [0.1, 0.15) is 0 Å². The Kier molecular flexibility index (Phi) is 4.73. The maximum absolute atomic E-state index is 12.0. The first-order valence-corrected chi connectivity index (χ1v) is 7.46. The van der Waals surface area contributed by atoms with Crippen LogP contribution in [0.5, 0.6) is 0 Å². The third kappa shape index (κ3) is 3.45. The molecule has 0 heterocycles. The number of anilines is 1. The van der Waals surface area contributed by atoms with E-state index in [2.05, 4.69) is 20.7 Å². The van der Waals surface area contributed by atoms with Crippen molar-refractivity contribution in [2.45, 2.75) is 19.9 Å². The van der Waals surface area contributed by atoms with E-state index >= 15 is 0 Å². The SMILES string of the molecule is CC(C)N(C)S(=O)(=O)Nc1ccc(C#N)cc1Br. The lowest BCUT2D eigenvalue weighted by atomic mass is 10.2. The summed E-state index contributed by atoms with van der Waals surface area (Å²) in [4.78, 5) is 0. The Balaban J connectivity index is 3.02. The third-order valence-corrected chi connectivity index (χ3v) is 4.76. The van der Waals surface area contributed by atoms with Crippen LogP contribution in [0, 0.1) is 11.3 Å². The molecule has 5 nitrogen and oxygen atoms in total. The summed E-state index contributed by atoms with van der Waals surface area (Å²) in [6.45, 7) is 3.57. The quantitative estimate of drug-likeness (QED) is 0.920. The highest BCUT2D eigenvalue weighted by Crippen LogP contribution is 2.25. The number of rotatable bonds is 4. The highest BCUT2D eigenvalue weighted by atomic mass is 79.9. The predicted molar refractivity (Wildman–Crippen MR) is 74.3 cm³/mol. The van der Waals surface area contributed by atoms with Gasteiger partial charge in [-0.15, -0.1) is 0 Å². The number of hydrogen-bond donors (Lipinski definition) is 1. The first kappa shape index (κ1) is 15.0. The van der Waals surface area contributed by atoms with Gasteiger partial charge in [-0.2, -0.15) is 18.0 Å². The summed E-state index contributed by atoms with van der Waals surface area (Å²) in [6.07, 6.45) is 0. The van der Waals surface area contributed by atoms with Crippen molar-refractivity contribution in [2.75, 3.05) is 11.8 Å². The molecular weight excluding hydrogens is 318 g/mol. The zero-order valence-corrected chi connectivity index (χ0v) is 12.7. The molecule has 0 saturated heterocycles. The molecule has 0 spiro atoms. The van der Waals surface area contributed by atoms with Gasteiger partial charge in [-0.05, 0) is 48.0 Å². The molecule has 1 aromatic carbocycles. The summed E-state index contributed by atoms with van der Waals surface area (Å²) in [5, 5.41) is 8.73. The lowest BCUT2D eigenvalue weighted by Gasteiger charge is -2.22. The monoisotopic (exact) mass is 331 g/mol. The molecular formula is C11H14BrN3O2S.